The minimum Gasteiger partial charge on any atom is -0.309 e. The molecule has 0 amide bonds. The summed E-state index contributed by atoms with van der Waals surface area (Å²) in [7, 11) is 0. The summed E-state index contributed by atoms with van der Waals surface area (Å²) < 4.78 is 90.7. The minimum atomic E-state index is -5.11. The maximum absolute atomic E-state index is 14.9. The minimum absolute atomic E-state index is 0.0721. The monoisotopic (exact) mass is 901 g/mol. The van der Waals surface area contributed by atoms with E-state index in [-0.39, 0.29) is 11.6 Å². The van der Waals surface area contributed by atoms with Crippen molar-refractivity contribution in [3.63, 3.8) is 0 Å². The SMILES string of the molecule is Cc1cccc(-c2ccc3c(c2)c2ccccc2n3-c2cc(C#N)ccc2-c2ccc(-c3ccc(C(F)(F)F)cc3C(F)(F)F)cc2-n2c3ccccc3c3cc(-c4cccc(C)c4)ccc32)c1. The van der Waals surface area contributed by atoms with E-state index in [1.165, 1.54) is 6.07 Å². The molecular weight excluding hydrogens is 865 g/mol. The second-order valence-electron chi connectivity index (χ2n) is 17.2. The quantitative estimate of drug-likeness (QED) is 0.153. The van der Waals surface area contributed by atoms with Gasteiger partial charge in [0.2, 0.25) is 0 Å². The summed E-state index contributed by atoms with van der Waals surface area (Å²) in [6.07, 6.45) is -10.1. The highest BCUT2D eigenvalue weighted by Crippen LogP contribution is 2.46. The number of nitriles is 1. The van der Waals surface area contributed by atoms with E-state index < -0.39 is 29.0 Å². The number of aromatic nitrogens is 2. The Morgan fingerprint density at radius 1 is 0.382 bits per heavy atom. The highest BCUT2D eigenvalue weighted by molar-refractivity contribution is 6.13. The number of para-hydroxylation sites is 2. The molecule has 0 aliphatic carbocycles. The van der Waals surface area contributed by atoms with Crippen LogP contribution in [-0.2, 0) is 12.4 Å². The molecule has 11 rings (SSSR count). The molecule has 9 aromatic carbocycles. The molecule has 0 saturated carbocycles. The third-order valence-corrected chi connectivity index (χ3v) is 12.9. The summed E-state index contributed by atoms with van der Waals surface area (Å²) in [6.45, 7) is 4.09. The molecule has 11 aromatic rings. The van der Waals surface area contributed by atoms with Crippen LogP contribution in [0.5, 0.6) is 0 Å². The second kappa shape index (κ2) is 15.9. The molecule has 2 heterocycles. The first-order chi connectivity index (χ1) is 32.7. The van der Waals surface area contributed by atoms with Gasteiger partial charge in [-0.25, -0.2) is 0 Å². The van der Waals surface area contributed by atoms with E-state index in [4.69, 9.17) is 0 Å². The van der Waals surface area contributed by atoms with Gasteiger partial charge in [-0.2, -0.15) is 31.6 Å². The molecule has 0 aliphatic heterocycles. The fourth-order valence-electron chi connectivity index (χ4n) is 9.81. The molecular formula is C59H37F6N3. The topological polar surface area (TPSA) is 33.6 Å². The van der Waals surface area contributed by atoms with Gasteiger partial charge in [-0.15, -0.1) is 0 Å². The molecule has 0 radical (unpaired) electrons. The van der Waals surface area contributed by atoms with Gasteiger partial charge in [0.05, 0.1) is 56.2 Å². The lowest BCUT2D eigenvalue weighted by atomic mass is 9.92. The van der Waals surface area contributed by atoms with Crippen molar-refractivity contribution in [3.05, 3.63) is 216 Å². The van der Waals surface area contributed by atoms with Crippen LogP contribution in [0.4, 0.5) is 26.3 Å². The summed E-state index contributed by atoms with van der Waals surface area (Å²) in [4.78, 5) is 0. The smallest absolute Gasteiger partial charge is 0.309 e. The molecule has 68 heavy (non-hydrogen) atoms. The lowest BCUT2D eigenvalue weighted by Gasteiger charge is -2.21. The molecule has 0 saturated heterocycles. The number of benzene rings is 9. The van der Waals surface area contributed by atoms with Crippen LogP contribution in [0.3, 0.4) is 0 Å². The second-order valence-corrected chi connectivity index (χ2v) is 17.2. The predicted molar refractivity (Wildman–Crippen MR) is 261 cm³/mol. The van der Waals surface area contributed by atoms with Crippen LogP contribution in [0.2, 0.25) is 0 Å². The van der Waals surface area contributed by atoms with Crippen molar-refractivity contribution >= 4 is 43.6 Å². The number of nitrogens with zero attached hydrogens (tertiary/aromatic N) is 3. The largest absolute Gasteiger partial charge is 0.417 e. The summed E-state index contributed by atoms with van der Waals surface area (Å²) in [5.74, 6) is 0. The van der Waals surface area contributed by atoms with Crippen molar-refractivity contribution in [2.75, 3.05) is 0 Å². The maximum Gasteiger partial charge on any atom is 0.417 e. The van der Waals surface area contributed by atoms with Gasteiger partial charge in [0.1, 0.15) is 0 Å². The molecule has 330 valence electrons. The van der Waals surface area contributed by atoms with Crippen molar-refractivity contribution in [2.45, 2.75) is 26.2 Å². The zero-order chi connectivity index (χ0) is 47.1. The molecule has 0 fully saturated rings. The van der Waals surface area contributed by atoms with Gasteiger partial charge in [0, 0.05) is 32.7 Å². The van der Waals surface area contributed by atoms with E-state index in [2.05, 4.69) is 72.2 Å². The van der Waals surface area contributed by atoms with Gasteiger partial charge < -0.3 is 9.13 Å². The Bertz CT molecular complexity index is 3880. The van der Waals surface area contributed by atoms with Gasteiger partial charge in [-0.05, 0) is 114 Å². The van der Waals surface area contributed by atoms with Crippen LogP contribution in [0.1, 0.15) is 27.8 Å². The molecule has 0 atom stereocenters. The molecule has 0 bridgehead atoms. The summed E-state index contributed by atoms with van der Waals surface area (Å²) >= 11 is 0. The Kier molecular flexibility index (Phi) is 9.90. The van der Waals surface area contributed by atoms with Gasteiger partial charge in [-0.1, -0.05) is 132 Å². The Labute approximate surface area is 387 Å². The molecule has 2 aromatic heterocycles. The van der Waals surface area contributed by atoms with E-state index >= 15 is 0 Å². The number of fused-ring (bicyclic) bond motifs is 6. The van der Waals surface area contributed by atoms with Crippen molar-refractivity contribution < 1.29 is 26.3 Å². The zero-order valence-corrected chi connectivity index (χ0v) is 36.5. The van der Waals surface area contributed by atoms with E-state index in [9.17, 15) is 31.6 Å². The van der Waals surface area contributed by atoms with Crippen LogP contribution in [0.25, 0.3) is 99.5 Å². The lowest BCUT2D eigenvalue weighted by Crippen LogP contribution is -2.12. The van der Waals surface area contributed by atoms with E-state index in [0.717, 1.165) is 83.1 Å². The highest BCUT2D eigenvalue weighted by atomic mass is 19.4. The Morgan fingerprint density at radius 2 is 0.853 bits per heavy atom. The Balaban J connectivity index is 1.22. The molecule has 0 aliphatic rings. The predicted octanol–water partition coefficient (Wildman–Crippen LogP) is 17.1. The van der Waals surface area contributed by atoms with Crippen molar-refractivity contribution in [1.82, 2.24) is 9.13 Å². The van der Waals surface area contributed by atoms with Crippen LogP contribution in [0.15, 0.2) is 188 Å². The third kappa shape index (κ3) is 7.17. The highest BCUT2D eigenvalue weighted by Gasteiger charge is 2.38. The first kappa shape index (κ1) is 42.3. The van der Waals surface area contributed by atoms with E-state index in [0.29, 0.717) is 34.1 Å². The van der Waals surface area contributed by atoms with Crippen molar-refractivity contribution in [3.8, 4) is 62.0 Å². The fraction of sp³-hybridized carbons (Fsp3) is 0.0678. The maximum atomic E-state index is 14.9. The van der Waals surface area contributed by atoms with Gasteiger partial charge >= 0.3 is 12.4 Å². The zero-order valence-electron chi connectivity index (χ0n) is 36.5. The van der Waals surface area contributed by atoms with Gasteiger partial charge in [0.15, 0.2) is 0 Å². The van der Waals surface area contributed by atoms with Crippen molar-refractivity contribution in [2.24, 2.45) is 0 Å². The van der Waals surface area contributed by atoms with Crippen LogP contribution >= 0.6 is 0 Å². The molecule has 0 unspecified atom stereocenters. The Morgan fingerprint density at radius 3 is 1.37 bits per heavy atom. The first-order valence-electron chi connectivity index (χ1n) is 21.9. The fourth-order valence-corrected chi connectivity index (χ4v) is 9.81. The van der Waals surface area contributed by atoms with Crippen LogP contribution in [0, 0.1) is 25.2 Å². The van der Waals surface area contributed by atoms with E-state index in [1.54, 1.807) is 18.2 Å². The molecule has 0 N–H and O–H groups in total. The summed E-state index contributed by atoms with van der Waals surface area (Å²) in [6, 6.07) is 59.1. The lowest BCUT2D eigenvalue weighted by molar-refractivity contribution is -0.142. The number of hydrogen-bond acceptors (Lipinski definition) is 1. The number of rotatable bonds is 6. The van der Waals surface area contributed by atoms with Crippen LogP contribution < -0.4 is 0 Å². The average Bonchev–Trinajstić information content (AvgIpc) is 3.85. The van der Waals surface area contributed by atoms with E-state index in [1.807, 2.05) is 102 Å². The van der Waals surface area contributed by atoms with Gasteiger partial charge in [-0.3, -0.25) is 0 Å². The average molecular weight is 902 g/mol. The summed E-state index contributed by atoms with van der Waals surface area (Å²) in [5.41, 5.74) is 9.30. The molecule has 9 heteroatoms. The standard InChI is InChI=1S/C59H37F6N3/c1-35-9-7-11-38(27-35)40-19-25-54-49(30-40)45-13-3-5-15-52(45)67(54)56-29-37(34-66)17-22-47(56)48-23-18-42(44-24-21-43(58(60,61)62)33-51(44)59(63,64)65)32-57(48)68-53-16-6-4-14-46(53)50-31-41(20-26-55(50)68)39-12-8-10-36(2)28-39/h3-33H,1-2H3. The number of alkyl halides is 6. The third-order valence-electron chi connectivity index (χ3n) is 12.9. The molecule has 0 spiro atoms. The van der Waals surface area contributed by atoms with Crippen molar-refractivity contribution in [1.29, 1.82) is 5.26 Å². The van der Waals surface area contributed by atoms with Crippen LogP contribution in [-0.4, -0.2) is 9.13 Å². The number of aryl methyl sites for hydroxylation is 2. The number of halogens is 6. The molecule has 3 nitrogen and oxygen atoms in total. The normalized spacial score (nSPS) is 12.1. The first-order valence-corrected chi connectivity index (χ1v) is 21.9. The number of hydrogen-bond donors (Lipinski definition) is 0. The Hall–Kier alpha value is -8.35. The van der Waals surface area contributed by atoms with Gasteiger partial charge in [0.25, 0.3) is 0 Å². The summed E-state index contributed by atoms with van der Waals surface area (Å²) in [5, 5.41) is 14.1.